The number of anilines is 2. The van der Waals surface area contributed by atoms with Gasteiger partial charge in [-0.2, -0.15) is 0 Å². The number of aryl methyl sites for hydroxylation is 1. The molecule has 4 nitrogen and oxygen atoms in total. The Kier molecular flexibility index (Phi) is 4.95. The van der Waals surface area contributed by atoms with Crippen molar-refractivity contribution in [3.8, 4) is 0 Å². The van der Waals surface area contributed by atoms with Crippen LogP contribution in [0.5, 0.6) is 0 Å². The Morgan fingerprint density at radius 3 is 2.78 bits per heavy atom. The summed E-state index contributed by atoms with van der Waals surface area (Å²) < 4.78 is 13.2. The third kappa shape index (κ3) is 3.61. The summed E-state index contributed by atoms with van der Waals surface area (Å²) in [5.41, 5.74) is 7.07. The van der Waals surface area contributed by atoms with E-state index in [1.54, 1.807) is 19.9 Å². The second kappa shape index (κ2) is 6.23. The molecule has 0 fully saturated rings. The summed E-state index contributed by atoms with van der Waals surface area (Å²) in [7, 11) is 0. The number of rotatable bonds is 5. The summed E-state index contributed by atoms with van der Waals surface area (Å²) in [5, 5.41) is 5.76. The molecule has 1 aromatic rings. The number of hydrogen-bond acceptors (Lipinski definition) is 3. The van der Waals surface area contributed by atoms with Gasteiger partial charge in [0.1, 0.15) is 11.9 Å². The molecule has 100 valence electrons. The molecule has 5 heteroatoms. The molecule has 1 unspecified atom stereocenters. The summed E-state index contributed by atoms with van der Waals surface area (Å²) in [6.07, 6.45) is 0.885. The average molecular weight is 253 g/mol. The van der Waals surface area contributed by atoms with Crippen LogP contribution in [-0.4, -0.2) is 18.5 Å². The van der Waals surface area contributed by atoms with Crippen molar-refractivity contribution in [2.24, 2.45) is 0 Å². The maximum absolute atomic E-state index is 13.2. The molecular weight excluding hydrogens is 233 g/mol. The number of nitrogen functional groups attached to an aromatic ring is 1. The van der Waals surface area contributed by atoms with E-state index in [0.717, 1.165) is 6.42 Å². The molecule has 0 aliphatic heterocycles. The van der Waals surface area contributed by atoms with Crippen LogP contribution >= 0.6 is 0 Å². The normalized spacial score (nSPS) is 12.0. The number of nitrogens with two attached hydrogens (primary N) is 1. The quantitative estimate of drug-likeness (QED) is 0.703. The van der Waals surface area contributed by atoms with Gasteiger partial charge in [-0.05, 0) is 38.0 Å². The van der Waals surface area contributed by atoms with E-state index < -0.39 is 6.04 Å². The number of carbonyl (C=O) groups is 1. The van der Waals surface area contributed by atoms with E-state index in [9.17, 15) is 9.18 Å². The Labute approximate surface area is 107 Å². The Bertz CT molecular complexity index is 434. The smallest absolute Gasteiger partial charge is 0.242 e. The number of carbonyl (C=O) groups excluding carboxylic acids is 1. The molecule has 1 rings (SSSR count). The Morgan fingerprint density at radius 2 is 2.17 bits per heavy atom. The molecule has 0 aromatic heterocycles. The average Bonchev–Trinajstić information content (AvgIpc) is 2.32. The number of amides is 1. The van der Waals surface area contributed by atoms with Gasteiger partial charge < -0.3 is 16.4 Å². The van der Waals surface area contributed by atoms with E-state index in [1.807, 2.05) is 6.92 Å². The molecule has 0 bridgehead atoms. The van der Waals surface area contributed by atoms with E-state index in [0.29, 0.717) is 23.5 Å². The molecule has 0 heterocycles. The second-order valence-electron chi connectivity index (χ2n) is 4.35. The highest BCUT2D eigenvalue weighted by Gasteiger charge is 2.13. The van der Waals surface area contributed by atoms with E-state index in [4.69, 9.17) is 5.73 Å². The van der Waals surface area contributed by atoms with Gasteiger partial charge in [0, 0.05) is 6.54 Å². The lowest BCUT2D eigenvalue weighted by Crippen LogP contribution is -2.38. The molecule has 0 spiro atoms. The zero-order valence-corrected chi connectivity index (χ0v) is 11.0. The van der Waals surface area contributed by atoms with E-state index in [-0.39, 0.29) is 11.7 Å². The maximum atomic E-state index is 13.2. The summed E-state index contributed by atoms with van der Waals surface area (Å²) in [6.45, 7) is 6.02. The van der Waals surface area contributed by atoms with Crippen LogP contribution in [0.1, 0.15) is 25.8 Å². The molecule has 0 aliphatic rings. The van der Waals surface area contributed by atoms with Crippen LogP contribution in [0.15, 0.2) is 12.1 Å². The van der Waals surface area contributed by atoms with Crippen molar-refractivity contribution >= 4 is 17.3 Å². The molecule has 1 atom stereocenters. The Morgan fingerprint density at radius 1 is 1.50 bits per heavy atom. The first-order valence-corrected chi connectivity index (χ1v) is 6.05. The van der Waals surface area contributed by atoms with Crippen LogP contribution in [0, 0.1) is 12.7 Å². The second-order valence-corrected chi connectivity index (χ2v) is 4.35. The molecule has 18 heavy (non-hydrogen) atoms. The minimum absolute atomic E-state index is 0.0989. The predicted molar refractivity (Wildman–Crippen MR) is 71.9 cm³/mol. The third-order valence-corrected chi connectivity index (χ3v) is 2.65. The van der Waals surface area contributed by atoms with Crippen molar-refractivity contribution in [3.63, 3.8) is 0 Å². The van der Waals surface area contributed by atoms with Gasteiger partial charge in [-0.3, -0.25) is 4.79 Å². The van der Waals surface area contributed by atoms with Crippen LogP contribution in [0.2, 0.25) is 0 Å². The lowest BCUT2D eigenvalue weighted by molar-refractivity contribution is -0.121. The van der Waals surface area contributed by atoms with Crippen molar-refractivity contribution in [1.82, 2.24) is 5.32 Å². The van der Waals surface area contributed by atoms with Crippen molar-refractivity contribution in [2.45, 2.75) is 33.2 Å². The predicted octanol–water partition coefficient (Wildman–Crippen LogP) is 2.04. The first-order valence-electron chi connectivity index (χ1n) is 6.05. The molecule has 4 N–H and O–H groups in total. The summed E-state index contributed by atoms with van der Waals surface area (Å²) in [6, 6.07) is 2.45. The number of hydrogen-bond donors (Lipinski definition) is 3. The molecule has 0 saturated carbocycles. The van der Waals surface area contributed by atoms with Gasteiger partial charge in [0.05, 0.1) is 11.4 Å². The maximum Gasteiger partial charge on any atom is 0.242 e. The topological polar surface area (TPSA) is 67.2 Å². The van der Waals surface area contributed by atoms with Gasteiger partial charge in [0.2, 0.25) is 5.91 Å². The molecule has 1 aromatic carbocycles. The van der Waals surface area contributed by atoms with E-state index in [1.165, 1.54) is 6.07 Å². The highest BCUT2D eigenvalue weighted by molar-refractivity contribution is 5.85. The van der Waals surface area contributed by atoms with Crippen molar-refractivity contribution in [1.29, 1.82) is 0 Å². The van der Waals surface area contributed by atoms with Crippen LogP contribution in [-0.2, 0) is 4.79 Å². The van der Waals surface area contributed by atoms with Crippen LogP contribution in [0.25, 0.3) is 0 Å². The van der Waals surface area contributed by atoms with E-state index >= 15 is 0 Å². The minimum Gasteiger partial charge on any atom is -0.397 e. The largest absolute Gasteiger partial charge is 0.397 e. The lowest BCUT2D eigenvalue weighted by atomic mass is 10.1. The monoisotopic (exact) mass is 253 g/mol. The highest BCUT2D eigenvalue weighted by atomic mass is 19.1. The molecular formula is C13H20FN3O. The first kappa shape index (κ1) is 14.3. The molecule has 1 amide bonds. The fraction of sp³-hybridized carbons (Fsp3) is 0.462. The van der Waals surface area contributed by atoms with E-state index in [2.05, 4.69) is 10.6 Å². The van der Waals surface area contributed by atoms with Gasteiger partial charge in [-0.1, -0.05) is 6.92 Å². The van der Waals surface area contributed by atoms with Gasteiger partial charge in [0.25, 0.3) is 0 Å². The third-order valence-electron chi connectivity index (χ3n) is 2.65. The zero-order valence-electron chi connectivity index (χ0n) is 11.0. The van der Waals surface area contributed by atoms with Crippen LogP contribution in [0.4, 0.5) is 15.8 Å². The van der Waals surface area contributed by atoms with Gasteiger partial charge in [-0.25, -0.2) is 4.39 Å². The van der Waals surface area contributed by atoms with Crippen LogP contribution < -0.4 is 16.4 Å². The Balaban J connectivity index is 2.72. The summed E-state index contributed by atoms with van der Waals surface area (Å²) in [4.78, 5) is 11.7. The minimum atomic E-state index is -0.413. The zero-order chi connectivity index (χ0) is 13.7. The molecule has 0 aliphatic carbocycles. The van der Waals surface area contributed by atoms with Gasteiger partial charge >= 0.3 is 0 Å². The number of halogens is 1. The summed E-state index contributed by atoms with van der Waals surface area (Å²) >= 11 is 0. The standard InChI is InChI=1S/C13H20FN3O/c1-4-5-16-13(18)9(3)17-12-6-8(2)10(14)7-11(12)15/h6-7,9,17H,4-5,15H2,1-3H3,(H,16,18). The lowest BCUT2D eigenvalue weighted by Gasteiger charge is -2.17. The fourth-order valence-electron chi connectivity index (χ4n) is 1.52. The highest BCUT2D eigenvalue weighted by Crippen LogP contribution is 2.23. The SMILES string of the molecule is CCCNC(=O)C(C)Nc1cc(C)c(F)cc1N. The van der Waals surface area contributed by atoms with Crippen molar-refractivity contribution < 1.29 is 9.18 Å². The van der Waals surface area contributed by atoms with Crippen molar-refractivity contribution in [2.75, 3.05) is 17.6 Å². The molecule has 0 radical (unpaired) electrons. The van der Waals surface area contributed by atoms with Gasteiger partial charge in [-0.15, -0.1) is 0 Å². The molecule has 0 saturated heterocycles. The first-order chi connectivity index (χ1) is 8.45. The van der Waals surface area contributed by atoms with Crippen molar-refractivity contribution in [3.05, 3.63) is 23.5 Å². The summed E-state index contributed by atoms with van der Waals surface area (Å²) in [5.74, 6) is -0.445. The number of benzene rings is 1. The Hall–Kier alpha value is -1.78. The fourth-order valence-corrected chi connectivity index (χ4v) is 1.52. The number of nitrogens with one attached hydrogen (secondary N) is 2. The van der Waals surface area contributed by atoms with Gasteiger partial charge in [0.15, 0.2) is 0 Å². The van der Waals surface area contributed by atoms with Crippen LogP contribution in [0.3, 0.4) is 0 Å².